The first-order valence-electron chi connectivity index (χ1n) is 38.9. The number of hydrogen-bond donors (Lipinski definition) is 12. The van der Waals surface area contributed by atoms with Crippen molar-refractivity contribution in [1.82, 2.24) is 56.2 Å². The van der Waals surface area contributed by atoms with Crippen LogP contribution in [0.15, 0.2) is 89.8 Å². The number of hydrogen-bond acceptors (Lipinski definition) is 22. The number of phenolic OH excluding ortho intramolecular Hbond substituents is 2. The summed E-state index contributed by atoms with van der Waals surface area (Å²) in [6.07, 6.45) is -4.01. The van der Waals surface area contributed by atoms with Gasteiger partial charge in [-0.3, -0.25) is 76.6 Å². The van der Waals surface area contributed by atoms with Gasteiger partial charge in [0.05, 0.1) is 23.6 Å². The number of aliphatic carboxylic acids is 4. The summed E-state index contributed by atoms with van der Waals surface area (Å²) in [6, 6.07) is 11.3. The number of nitrogens with zero attached hydrogens (tertiary/aromatic N) is 6. The van der Waals surface area contributed by atoms with E-state index < -0.39 is 219 Å². The third-order valence-electron chi connectivity index (χ3n) is 21.3. The maximum absolute atomic E-state index is 15.1. The van der Waals surface area contributed by atoms with Crippen LogP contribution in [0.1, 0.15) is 175 Å². The minimum Gasteiger partial charge on any atom is -0.508 e. The van der Waals surface area contributed by atoms with Gasteiger partial charge in [-0.05, 0) is 185 Å². The van der Waals surface area contributed by atoms with Crippen molar-refractivity contribution < 1.29 is 107 Å². The smallest absolute Gasteiger partial charge is 0.303 e. The number of pyridine rings is 1. The third-order valence-corrected chi connectivity index (χ3v) is 21.8. The first kappa shape index (κ1) is 91.5. The molecule has 3 aromatic heterocycles. The number of aromatic hydroxyl groups is 2. The molecule has 12 N–H and O–H groups in total. The van der Waals surface area contributed by atoms with Gasteiger partial charge in [-0.1, -0.05) is 37.3 Å². The lowest BCUT2D eigenvalue weighted by atomic mass is 9.88. The quantitative estimate of drug-likeness (QED) is 0.0107. The number of aromatic nitrogens is 5. The fourth-order valence-electron chi connectivity index (χ4n) is 14.8. The maximum atomic E-state index is 15.1. The van der Waals surface area contributed by atoms with Gasteiger partial charge in [-0.25, -0.2) is 15.0 Å². The number of carboxylic acids is 4. The van der Waals surface area contributed by atoms with Crippen molar-refractivity contribution in [2.24, 2.45) is 29.1 Å². The second-order valence-electron chi connectivity index (χ2n) is 30.4. The third kappa shape index (κ3) is 26.2. The molecular formula is C83H99BrN12O22. The number of carbonyl (C=O) groups is 16. The van der Waals surface area contributed by atoms with Crippen LogP contribution in [0.3, 0.4) is 0 Å². The van der Waals surface area contributed by atoms with E-state index in [2.05, 4.69) is 67.9 Å². The van der Waals surface area contributed by atoms with Gasteiger partial charge in [0.1, 0.15) is 51.8 Å². The molecule has 35 heteroatoms. The summed E-state index contributed by atoms with van der Waals surface area (Å²) in [6.45, 7) is 8.88. The Labute approximate surface area is 687 Å². The largest absolute Gasteiger partial charge is 0.508 e. The Hall–Kier alpha value is -12.0. The summed E-state index contributed by atoms with van der Waals surface area (Å²) in [5.41, 5.74) is 2.89. The molecule has 34 nitrogen and oxygen atoms in total. The number of likely N-dealkylation sites (tertiary alicyclic amines) is 1. The van der Waals surface area contributed by atoms with E-state index in [0.29, 0.717) is 54.7 Å². The van der Waals surface area contributed by atoms with E-state index in [0.717, 1.165) is 0 Å². The summed E-state index contributed by atoms with van der Waals surface area (Å²) in [4.78, 5) is 234. The van der Waals surface area contributed by atoms with E-state index >= 15 is 9.59 Å². The Kier molecular flexibility index (Phi) is 32.7. The second kappa shape index (κ2) is 42.2. The fourth-order valence-corrected chi connectivity index (χ4v) is 15.1. The highest BCUT2D eigenvalue weighted by atomic mass is 79.9. The van der Waals surface area contributed by atoms with Gasteiger partial charge in [0.15, 0.2) is 23.1 Å². The van der Waals surface area contributed by atoms with Gasteiger partial charge in [0, 0.05) is 136 Å². The number of carboxylic acid groups (broad SMARTS) is 4. The lowest BCUT2D eigenvalue weighted by molar-refractivity contribution is -0.139. The van der Waals surface area contributed by atoms with Gasteiger partial charge in [0.2, 0.25) is 41.4 Å². The molecule has 1 aliphatic heterocycles. The summed E-state index contributed by atoms with van der Waals surface area (Å²) in [5.74, 6) is -19.6. The highest BCUT2D eigenvalue weighted by Gasteiger charge is 2.67. The number of fused-ring (bicyclic) bond motifs is 2. The Balaban J connectivity index is 1.05. The summed E-state index contributed by atoms with van der Waals surface area (Å²) < 4.78 is 1.81. The number of amides is 7. The van der Waals surface area contributed by atoms with Crippen LogP contribution in [0.25, 0.3) is 22.0 Å². The number of phenols is 2. The van der Waals surface area contributed by atoms with Crippen molar-refractivity contribution in [2.75, 3.05) is 18.4 Å². The molecule has 3 aromatic carbocycles. The molecule has 0 bridgehead atoms. The number of aryl methyl sites for hydroxylation is 3. The van der Waals surface area contributed by atoms with Gasteiger partial charge in [0.25, 0.3) is 0 Å². The molecule has 10 atom stereocenters. The average Bonchev–Trinajstić information content (AvgIpc) is 1.53. The molecule has 2 aliphatic rings. The van der Waals surface area contributed by atoms with Crippen molar-refractivity contribution >= 4 is 127 Å². The van der Waals surface area contributed by atoms with Crippen LogP contribution < -0.4 is 31.9 Å². The highest BCUT2D eigenvalue weighted by molar-refractivity contribution is 9.10. The molecular weight excluding hydrogens is 1600 g/mol. The molecule has 0 spiro atoms. The first-order valence-corrected chi connectivity index (χ1v) is 39.7. The van der Waals surface area contributed by atoms with Crippen molar-refractivity contribution in [2.45, 2.75) is 207 Å². The lowest BCUT2D eigenvalue weighted by Crippen LogP contribution is -2.49. The second-order valence-corrected chi connectivity index (χ2v) is 31.3. The summed E-state index contributed by atoms with van der Waals surface area (Å²) in [7, 11) is 0. The zero-order chi connectivity index (χ0) is 86.4. The maximum Gasteiger partial charge on any atom is 0.303 e. The molecule has 1 aliphatic carbocycles. The number of halogens is 1. The van der Waals surface area contributed by atoms with Gasteiger partial charge >= 0.3 is 23.9 Å². The van der Waals surface area contributed by atoms with Gasteiger partial charge in [-0.2, -0.15) is 5.10 Å². The number of anilines is 1. The summed E-state index contributed by atoms with van der Waals surface area (Å²) >= 11 is 3.35. The van der Waals surface area contributed by atoms with Crippen molar-refractivity contribution in [3.05, 3.63) is 124 Å². The zero-order valence-corrected chi connectivity index (χ0v) is 67.9. The fraction of sp³-hybridized carbons (Fsp3) is 0.470. The van der Waals surface area contributed by atoms with Crippen LogP contribution in [-0.2, 0) is 91.3 Å². The minimum atomic E-state index is -1.62. The number of unbranched alkanes of at least 4 members (excludes halogenated alkanes) is 1. The Morgan fingerprint density at radius 2 is 1.04 bits per heavy atom. The van der Waals surface area contributed by atoms with Crippen LogP contribution in [0.5, 0.6) is 11.5 Å². The monoisotopic (exact) mass is 1690 g/mol. The minimum absolute atomic E-state index is 0.00781. The van der Waals surface area contributed by atoms with Crippen molar-refractivity contribution in [3.8, 4) is 22.6 Å². The molecule has 7 amide bonds. The molecule has 8 rings (SSSR count). The van der Waals surface area contributed by atoms with Crippen molar-refractivity contribution in [3.63, 3.8) is 0 Å². The molecule has 2 fully saturated rings. The number of piperidine rings is 1. The van der Waals surface area contributed by atoms with E-state index in [1.54, 1.807) is 58.3 Å². The van der Waals surface area contributed by atoms with Gasteiger partial charge in [-0.15, -0.1) is 0 Å². The van der Waals surface area contributed by atoms with E-state index in [1.165, 1.54) is 72.0 Å². The molecule has 630 valence electrons. The van der Waals surface area contributed by atoms with Crippen LogP contribution in [0.4, 0.5) is 5.82 Å². The zero-order valence-electron chi connectivity index (χ0n) is 66.3. The first-order chi connectivity index (χ1) is 55.9. The predicted octanol–water partition coefficient (Wildman–Crippen LogP) is 6.72. The molecule has 1 saturated carbocycles. The number of carbonyl (C=O) groups excluding carboxylic acids is 12. The number of Topliss-reactive ketones (excluding diaryl/α,β-unsaturated/α-hetero) is 5. The van der Waals surface area contributed by atoms with Crippen LogP contribution in [-0.4, -0.2) is 198 Å². The van der Waals surface area contributed by atoms with E-state index in [1.807, 2.05) is 6.07 Å². The Morgan fingerprint density at radius 3 is 1.53 bits per heavy atom. The Morgan fingerprint density at radius 1 is 0.559 bits per heavy atom. The molecule has 1 saturated heterocycles. The molecule has 4 heterocycles. The number of nitrogens with one attached hydrogen (secondary N) is 6. The standard InChI is InChI=1S/C83H99BrN12O22/c1-7-69(104)85-29-9-8-10-60(89-80(116)54(19-28-74(112)113)37-66(103)62(33-50-14-22-58(100)23-15-50)90-79(115)51(31-46(4)97)16-25-71(106)107)64(101)36-53(18-27-73(110)111)81(117)91-61(32-49-12-20-57(99)21-13-49)65(102)35-52(17-26-72(108)109)78(114)88-43-83-38-63(82(118)93-77-44(2)11-24-68(84)92-77)96(67(83)39-83)70(105)42-95-76-45(3)30-55(56-40-86-48(6)87-41-56)34-59(76)75(94-95)47(5)98/h11-15,20-24,30,34,40-41,51-54,60-63,67,99-100H,7-10,16-19,25-29,31-33,35-39,42-43H2,1-6H3,(H,85,104)(H,88,114)(H,89,116)(H,90,115)(H,91,117)(H,106,107)(H,108,109)(H,110,111)(H,112,113)(H,92,93,118)/t51-,52-,53-,54-,60+,61+,62+,63+,67-,83+/m1/s1. The van der Waals surface area contributed by atoms with Crippen molar-refractivity contribution in [1.29, 1.82) is 0 Å². The summed E-state index contributed by atoms with van der Waals surface area (Å²) in [5, 5.41) is 81.1. The molecule has 0 unspecified atom stereocenters. The molecule has 0 radical (unpaired) electrons. The number of benzene rings is 3. The topological polar surface area (TPSA) is 526 Å². The van der Waals surface area contributed by atoms with E-state index in [9.17, 15) is 97.8 Å². The van der Waals surface area contributed by atoms with Crippen LogP contribution >= 0.6 is 15.9 Å². The molecule has 6 aromatic rings. The van der Waals surface area contributed by atoms with E-state index in [4.69, 9.17) is 0 Å². The van der Waals surface area contributed by atoms with Gasteiger partial charge < -0.3 is 72.2 Å². The molecule has 118 heavy (non-hydrogen) atoms. The Bertz CT molecular complexity index is 4780. The highest BCUT2D eigenvalue weighted by Crippen LogP contribution is 2.59. The lowest BCUT2D eigenvalue weighted by Gasteiger charge is -2.27. The SMILES string of the molecule is CCC(=O)NCCCC[C@H](NC(=O)[C@H](CCC(=O)O)CC(=O)[C@H](Cc1ccc(O)cc1)NC(=O)[C@H](CCC(=O)O)CC(C)=O)C(=O)C[C@@H](CCC(=O)O)C(=O)N[C@@H](Cc1ccc(O)cc1)C(=O)C[C@@H](CCC(=O)O)C(=O)NC[C@@]12C[C@@H](C(=O)Nc3nc(Br)ccc3C)N(C(=O)Cn3nc(C(C)=O)c4cc(-c5cnc(C)nc5)cc(C)c43)[C@@H]1C2. The number of rotatable bonds is 48. The normalized spacial score (nSPS) is 16.4. The van der Waals surface area contributed by atoms with Crippen LogP contribution in [0, 0.1) is 49.9 Å². The van der Waals surface area contributed by atoms with E-state index in [-0.39, 0.29) is 106 Å². The predicted molar refractivity (Wildman–Crippen MR) is 427 cm³/mol. The van der Waals surface area contributed by atoms with Crippen LogP contribution in [0.2, 0.25) is 0 Å². The number of ketones is 5. The average molecular weight is 1700 g/mol.